The van der Waals surface area contributed by atoms with Gasteiger partial charge in [-0.15, -0.1) is 0 Å². The Labute approximate surface area is 136 Å². The van der Waals surface area contributed by atoms with Gasteiger partial charge in [0.25, 0.3) is 10.1 Å². The lowest BCUT2D eigenvalue weighted by molar-refractivity contribution is 0.471. The van der Waals surface area contributed by atoms with Crippen molar-refractivity contribution in [2.45, 2.75) is 19.8 Å². The summed E-state index contributed by atoms with van der Waals surface area (Å²) in [6, 6.07) is 13.7. The summed E-state index contributed by atoms with van der Waals surface area (Å²) in [6.45, 7) is 2.57. The van der Waals surface area contributed by atoms with Gasteiger partial charge in [0, 0.05) is 6.54 Å². The molecule has 122 valence electrons. The second kappa shape index (κ2) is 6.22. The van der Waals surface area contributed by atoms with Crippen molar-refractivity contribution in [3.63, 3.8) is 0 Å². The van der Waals surface area contributed by atoms with E-state index in [2.05, 4.69) is 17.9 Å². The number of hydrogen-bond acceptors (Lipinski definition) is 4. The van der Waals surface area contributed by atoms with Crippen LogP contribution in [-0.4, -0.2) is 25.3 Å². The Balaban J connectivity index is 1.96. The van der Waals surface area contributed by atoms with Crippen molar-refractivity contribution in [1.29, 1.82) is 0 Å². The molecule has 0 unspecified atom stereocenters. The zero-order valence-electron chi connectivity index (χ0n) is 12.9. The Kier molecular flexibility index (Phi) is 4.28. The first kappa shape index (κ1) is 15.8. The van der Waals surface area contributed by atoms with Crippen LogP contribution in [0.1, 0.15) is 18.9 Å². The van der Waals surface area contributed by atoms with Gasteiger partial charge >= 0.3 is 0 Å². The van der Waals surface area contributed by atoms with Gasteiger partial charge in [-0.05, 0) is 42.7 Å². The highest BCUT2D eigenvalue weighted by Crippen LogP contribution is 2.46. The molecule has 3 rings (SSSR count). The van der Waals surface area contributed by atoms with Crippen LogP contribution in [0.2, 0.25) is 0 Å². The van der Waals surface area contributed by atoms with Gasteiger partial charge in [-0.1, -0.05) is 25.1 Å². The van der Waals surface area contributed by atoms with Gasteiger partial charge in [0.2, 0.25) is 0 Å². The lowest BCUT2D eigenvalue weighted by Crippen LogP contribution is -2.24. The van der Waals surface area contributed by atoms with Gasteiger partial charge in [-0.2, -0.15) is 8.42 Å². The molecule has 1 aliphatic rings. The maximum absolute atomic E-state index is 11.0. The Morgan fingerprint density at radius 2 is 1.83 bits per heavy atom. The number of ether oxygens (including phenoxy) is 1. The van der Waals surface area contributed by atoms with Crippen molar-refractivity contribution in [2.24, 2.45) is 0 Å². The Morgan fingerprint density at radius 3 is 2.57 bits per heavy atom. The first-order valence-corrected chi connectivity index (χ1v) is 9.21. The van der Waals surface area contributed by atoms with Crippen LogP contribution < -0.4 is 9.64 Å². The van der Waals surface area contributed by atoms with Crippen LogP contribution in [0.15, 0.2) is 42.5 Å². The van der Waals surface area contributed by atoms with E-state index in [4.69, 9.17) is 9.29 Å². The largest absolute Gasteiger partial charge is 0.453 e. The van der Waals surface area contributed by atoms with E-state index >= 15 is 0 Å². The number of benzene rings is 2. The molecule has 0 spiro atoms. The summed E-state index contributed by atoms with van der Waals surface area (Å²) in [6.07, 6.45) is 1.25. The smallest absolute Gasteiger partial charge is 0.264 e. The van der Waals surface area contributed by atoms with Gasteiger partial charge in [0.15, 0.2) is 11.5 Å². The number of hydrogen-bond donors (Lipinski definition) is 1. The van der Waals surface area contributed by atoms with Crippen molar-refractivity contribution < 1.29 is 17.7 Å². The molecule has 5 nitrogen and oxygen atoms in total. The number of aryl methyl sites for hydroxylation is 1. The fourth-order valence-electron chi connectivity index (χ4n) is 2.74. The van der Waals surface area contributed by atoms with Gasteiger partial charge in [0.1, 0.15) is 0 Å². The molecule has 0 saturated heterocycles. The fourth-order valence-corrected chi connectivity index (χ4v) is 3.23. The van der Waals surface area contributed by atoms with Crippen LogP contribution in [0.4, 0.5) is 11.4 Å². The van der Waals surface area contributed by atoms with Crippen molar-refractivity contribution in [3.8, 4) is 11.5 Å². The van der Waals surface area contributed by atoms with Gasteiger partial charge in [0.05, 0.1) is 17.1 Å². The minimum atomic E-state index is -3.95. The third-order valence-electron chi connectivity index (χ3n) is 3.88. The molecule has 0 atom stereocenters. The molecule has 23 heavy (non-hydrogen) atoms. The van der Waals surface area contributed by atoms with E-state index in [9.17, 15) is 8.42 Å². The molecule has 0 bridgehead atoms. The zero-order chi connectivity index (χ0) is 16.4. The van der Waals surface area contributed by atoms with Crippen molar-refractivity contribution in [2.75, 3.05) is 17.2 Å². The summed E-state index contributed by atoms with van der Waals surface area (Å²) >= 11 is 0. The van der Waals surface area contributed by atoms with Crippen molar-refractivity contribution in [1.82, 2.24) is 0 Å². The minimum Gasteiger partial charge on any atom is -0.453 e. The molecular formula is C17H19NO4S. The standard InChI is InChI=1S/C17H19NO4S/c1-2-13-8-9-17-15(12-13)18(10-5-11-23(19,20)21)14-6-3-4-7-16(14)22-17/h3-4,6-9,12H,2,5,10-11H2,1H3,(H,19,20,21). The lowest BCUT2D eigenvalue weighted by Gasteiger charge is -2.33. The number of nitrogens with zero attached hydrogens (tertiary/aromatic N) is 1. The molecule has 0 amide bonds. The summed E-state index contributed by atoms with van der Waals surface area (Å²) in [5.41, 5.74) is 3.02. The van der Waals surface area contributed by atoms with Gasteiger partial charge in [-0.25, -0.2) is 0 Å². The van der Waals surface area contributed by atoms with E-state index in [-0.39, 0.29) is 5.75 Å². The van der Waals surface area contributed by atoms with Crippen molar-refractivity contribution >= 4 is 21.5 Å². The Morgan fingerprint density at radius 1 is 1.09 bits per heavy atom. The topological polar surface area (TPSA) is 66.8 Å². The Hall–Kier alpha value is -2.05. The first-order valence-electron chi connectivity index (χ1n) is 7.60. The van der Waals surface area contributed by atoms with Crippen LogP contribution >= 0.6 is 0 Å². The van der Waals surface area contributed by atoms with E-state index in [1.807, 2.05) is 36.4 Å². The predicted octanol–water partition coefficient (Wildman–Crippen LogP) is 3.77. The number of rotatable bonds is 5. The van der Waals surface area contributed by atoms with Crippen LogP contribution in [0.3, 0.4) is 0 Å². The molecule has 1 aliphatic heterocycles. The molecule has 0 fully saturated rings. The average Bonchev–Trinajstić information content (AvgIpc) is 2.52. The minimum absolute atomic E-state index is 0.255. The van der Waals surface area contributed by atoms with Crippen LogP contribution in [0, 0.1) is 0 Å². The first-order chi connectivity index (χ1) is 11.0. The summed E-state index contributed by atoms with van der Waals surface area (Å²) < 4.78 is 36.8. The van der Waals surface area contributed by atoms with E-state index in [1.54, 1.807) is 0 Å². The highest BCUT2D eigenvalue weighted by atomic mass is 32.2. The average molecular weight is 333 g/mol. The number of para-hydroxylation sites is 2. The normalized spacial score (nSPS) is 13.2. The molecule has 0 radical (unpaired) electrons. The number of anilines is 2. The summed E-state index contributed by atoms with van der Waals surface area (Å²) in [7, 11) is -3.95. The second-order valence-electron chi connectivity index (χ2n) is 5.52. The Bertz CT molecular complexity index is 817. The zero-order valence-corrected chi connectivity index (χ0v) is 13.7. The number of fused-ring (bicyclic) bond motifs is 2. The SMILES string of the molecule is CCc1ccc2c(c1)N(CCCS(=O)(=O)O)c1ccccc1O2. The molecule has 0 aliphatic carbocycles. The summed E-state index contributed by atoms with van der Waals surface area (Å²) in [4.78, 5) is 2.05. The molecule has 2 aromatic carbocycles. The molecule has 0 saturated carbocycles. The molecule has 1 N–H and O–H groups in total. The van der Waals surface area contributed by atoms with Crippen molar-refractivity contribution in [3.05, 3.63) is 48.0 Å². The molecule has 0 aromatic heterocycles. The monoisotopic (exact) mass is 333 g/mol. The predicted molar refractivity (Wildman–Crippen MR) is 90.4 cm³/mol. The quantitative estimate of drug-likeness (QED) is 0.844. The lowest BCUT2D eigenvalue weighted by atomic mass is 10.1. The molecule has 2 aromatic rings. The third-order valence-corrected chi connectivity index (χ3v) is 4.69. The molecule has 6 heteroatoms. The van der Waals surface area contributed by atoms with Crippen LogP contribution in [0.5, 0.6) is 11.5 Å². The maximum atomic E-state index is 11.0. The third kappa shape index (κ3) is 3.48. The second-order valence-corrected chi connectivity index (χ2v) is 7.09. The van der Waals surface area contributed by atoms with Gasteiger partial charge < -0.3 is 9.64 Å². The van der Waals surface area contributed by atoms with Gasteiger partial charge in [-0.3, -0.25) is 4.55 Å². The highest BCUT2D eigenvalue weighted by molar-refractivity contribution is 7.85. The maximum Gasteiger partial charge on any atom is 0.264 e. The van der Waals surface area contributed by atoms with E-state index in [0.717, 1.165) is 29.3 Å². The fraction of sp³-hybridized carbons (Fsp3) is 0.294. The molecular weight excluding hydrogens is 314 g/mol. The molecule has 1 heterocycles. The summed E-state index contributed by atoms with van der Waals surface area (Å²) in [5, 5.41) is 0. The highest BCUT2D eigenvalue weighted by Gasteiger charge is 2.24. The van der Waals surface area contributed by atoms with E-state index in [0.29, 0.717) is 13.0 Å². The summed E-state index contributed by atoms with van der Waals surface area (Å²) in [5.74, 6) is 1.25. The van der Waals surface area contributed by atoms with E-state index < -0.39 is 10.1 Å². The van der Waals surface area contributed by atoms with E-state index in [1.165, 1.54) is 5.56 Å². The van der Waals surface area contributed by atoms with Crippen LogP contribution in [-0.2, 0) is 16.5 Å². The van der Waals surface area contributed by atoms with Crippen LogP contribution in [0.25, 0.3) is 0 Å².